The zero-order chi connectivity index (χ0) is 9.90. The van der Waals surface area contributed by atoms with Gasteiger partial charge < -0.3 is 0 Å². The quantitative estimate of drug-likeness (QED) is 0.643. The minimum atomic E-state index is -3.47. The van der Waals surface area contributed by atoms with E-state index in [2.05, 4.69) is 6.07 Å². The summed E-state index contributed by atoms with van der Waals surface area (Å²) in [6, 6.07) is 7.32. The lowest BCUT2D eigenvalue weighted by molar-refractivity contribution is -0.0594. The van der Waals surface area contributed by atoms with Crippen LogP contribution in [0.3, 0.4) is 0 Å². The third-order valence-corrected chi connectivity index (χ3v) is 1.54. The van der Waals surface area contributed by atoms with Crippen molar-refractivity contribution in [3.8, 4) is 0 Å². The summed E-state index contributed by atoms with van der Waals surface area (Å²) in [4.78, 5) is 0. The summed E-state index contributed by atoms with van der Waals surface area (Å²) in [7, 11) is 0. The molecular weight excluding hydrogens is 184 g/mol. The minimum absolute atomic E-state index is 0.421. The molecule has 0 aromatic heterocycles. The maximum absolute atomic E-state index is 12.9. The summed E-state index contributed by atoms with van der Waals surface area (Å²) >= 11 is 0. The molecule has 1 radical (unpaired) electrons. The molecule has 0 aliphatic rings. The molecule has 1 rings (SSSR count). The molecule has 4 heteroatoms. The highest BCUT2D eigenvalue weighted by atomic mass is 19.3. The number of hydrogen-bond donors (Lipinski definition) is 0. The number of halogens is 4. The molecule has 0 spiro atoms. The standard InChI is InChI=1S/C9H7F4/c10-8(11)6-9(12,13)7-4-2-1-3-5-7/h1-2,4-5,8H,6H2. The first-order chi connectivity index (χ1) is 6.02. The fraction of sp³-hybridized carbons (Fsp3) is 0.333. The lowest BCUT2D eigenvalue weighted by atomic mass is 10.1. The largest absolute Gasteiger partial charge is 0.278 e. The van der Waals surface area contributed by atoms with Crippen molar-refractivity contribution < 1.29 is 17.6 Å². The van der Waals surface area contributed by atoms with Gasteiger partial charge in [0.15, 0.2) is 0 Å². The molecule has 1 aromatic carbocycles. The van der Waals surface area contributed by atoms with E-state index in [0.717, 1.165) is 12.1 Å². The first-order valence-electron chi connectivity index (χ1n) is 3.65. The third-order valence-electron chi connectivity index (χ3n) is 1.54. The summed E-state index contributed by atoms with van der Waals surface area (Å²) in [5, 5.41) is 0. The van der Waals surface area contributed by atoms with Gasteiger partial charge in [-0.1, -0.05) is 18.2 Å². The molecule has 0 unspecified atom stereocenters. The molecule has 1 aromatic rings. The van der Waals surface area contributed by atoms with Crippen molar-refractivity contribution in [3.63, 3.8) is 0 Å². The second-order valence-corrected chi connectivity index (χ2v) is 2.59. The SMILES string of the molecule is FC(F)CC(F)(F)c1c[c]ccc1. The summed E-state index contributed by atoms with van der Waals surface area (Å²) < 4.78 is 49.3. The van der Waals surface area contributed by atoms with Gasteiger partial charge in [-0.2, -0.15) is 0 Å². The van der Waals surface area contributed by atoms with Gasteiger partial charge in [-0.25, -0.2) is 17.6 Å². The Morgan fingerprint density at radius 3 is 2.54 bits per heavy atom. The maximum atomic E-state index is 12.9. The van der Waals surface area contributed by atoms with E-state index in [1.807, 2.05) is 0 Å². The normalized spacial score (nSPS) is 12.1. The molecule has 0 aliphatic carbocycles. The van der Waals surface area contributed by atoms with E-state index in [1.165, 1.54) is 12.1 Å². The molecule has 0 aliphatic heterocycles. The lowest BCUT2D eigenvalue weighted by Gasteiger charge is -2.15. The Balaban J connectivity index is 2.81. The van der Waals surface area contributed by atoms with E-state index in [9.17, 15) is 17.6 Å². The predicted molar refractivity (Wildman–Crippen MR) is 39.8 cm³/mol. The van der Waals surface area contributed by atoms with Crippen molar-refractivity contribution in [3.05, 3.63) is 35.9 Å². The van der Waals surface area contributed by atoms with Crippen LogP contribution in [0.1, 0.15) is 12.0 Å². The van der Waals surface area contributed by atoms with Crippen molar-refractivity contribution >= 4 is 0 Å². The van der Waals surface area contributed by atoms with Crippen molar-refractivity contribution in [2.75, 3.05) is 0 Å². The molecule has 13 heavy (non-hydrogen) atoms. The van der Waals surface area contributed by atoms with Gasteiger partial charge in [-0.3, -0.25) is 0 Å². The van der Waals surface area contributed by atoms with Crippen LogP contribution >= 0.6 is 0 Å². The van der Waals surface area contributed by atoms with Gasteiger partial charge in [0.2, 0.25) is 6.43 Å². The van der Waals surface area contributed by atoms with Crippen LogP contribution < -0.4 is 0 Å². The summed E-state index contributed by atoms with van der Waals surface area (Å²) in [5.41, 5.74) is -0.421. The fourth-order valence-corrected chi connectivity index (χ4v) is 0.932. The fourth-order valence-electron chi connectivity index (χ4n) is 0.932. The molecule has 0 N–H and O–H groups in total. The van der Waals surface area contributed by atoms with E-state index >= 15 is 0 Å². The first-order valence-corrected chi connectivity index (χ1v) is 3.65. The van der Waals surface area contributed by atoms with Gasteiger partial charge in [-0.05, 0) is 12.1 Å². The Morgan fingerprint density at radius 2 is 2.08 bits per heavy atom. The predicted octanol–water partition coefficient (Wildman–Crippen LogP) is 3.23. The van der Waals surface area contributed by atoms with Crippen LogP contribution in [-0.2, 0) is 5.92 Å². The highest BCUT2D eigenvalue weighted by Gasteiger charge is 2.34. The Bertz CT molecular complexity index is 256. The van der Waals surface area contributed by atoms with Crippen LogP contribution in [0.5, 0.6) is 0 Å². The van der Waals surface area contributed by atoms with Crippen molar-refractivity contribution in [1.82, 2.24) is 0 Å². The summed E-state index contributed by atoms with van der Waals surface area (Å²) in [5.74, 6) is -3.47. The Labute approximate surface area is 73.2 Å². The van der Waals surface area contributed by atoms with Crippen LogP contribution in [-0.4, -0.2) is 6.43 Å². The second kappa shape index (κ2) is 3.77. The average Bonchev–Trinajstić information content (AvgIpc) is 2.04. The molecule has 0 amide bonds. The van der Waals surface area contributed by atoms with Gasteiger partial charge >= 0.3 is 0 Å². The van der Waals surface area contributed by atoms with Crippen LogP contribution in [0.25, 0.3) is 0 Å². The van der Waals surface area contributed by atoms with E-state index in [-0.39, 0.29) is 0 Å². The van der Waals surface area contributed by atoms with E-state index in [0.29, 0.717) is 0 Å². The van der Waals surface area contributed by atoms with Gasteiger partial charge in [0.05, 0.1) is 6.42 Å². The molecule has 0 heterocycles. The summed E-state index contributed by atoms with van der Waals surface area (Å²) in [6.45, 7) is 0. The Hall–Kier alpha value is -1.06. The van der Waals surface area contributed by atoms with Crippen LogP contribution in [0.2, 0.25) is 0 Å². The summed E-state index contributed by atoms with van der Waals surface area (Å²) in [6.07, 6.45) is -4.44. The minimum Gasteiger partial charge on any atom is -0.210 e. The van der Waals surface area contributed by atoms with Crippen LogP contribution in [0.15, 0.2) is 24.3 Å². The molecule has 0 saturated carbocycles. The zero-order valence-corrected chi connectivity index (χ0v) is 6.61. The van der Waals surface area contributed by atoms with Crippen molar-refractivity contribution in [2.45, 2.75) is 18.8 Å². The average molecular weight is 191 g/mol. The second-order valence-electron chi connectivity index (χ2n) is 2.59. The van der Waals surface area contributed by atoms with Crippen LogP contribution in [0, 0.1) is 6.07 Å². The molecule has 0 bridgehead atoms. The van der Waals surface area contributed by atoms with Gasteiger partial charge in [-0.15, -0.1) is 0 Å². The lowest BCUT2D eigenvalue weighted by Crippen LogP contribution is -2.17. The number of benzene rings is 1. The van der Waals surface area contributed by atoms with E-state index in [1.54, 1.807) is 0 Å². The van der Waals surface area contributed by atoms with E-state index in [4.69, 9.17) is 0 Å². The van der Waals surface area contributed by atoms with E-state index < -0.39 is 24.3 Å². The zero-order valence-electron chi connectivity index (χ0n) is 6.61. The topological polar surface area (TPSA) is 0 Å². The molecule has 0 saturated heterocycles. The van der Waals surface area contributed by atoms with Crippen LogP contribution in [0.4, 0.5) is 17.6 Å². The molecule has 0 atom stereocenters. The Morgan fingerprint density at radius 1 is 1.38 bits per heavy atom. The Kier molecular flexibility index (Phi) is 2.90. The van der Waals surface area contributed by atoms with Crippen molar-refractivity contribution in [2.24, 2.45) is 0 Å². The maximum Gasteiger partial charge on any atom is 0.278 e. The van der Waals surface area contributed by atoms with Gasteiger partial charge in [0.1, 0.15) is 0 Å². The molecule has 0 fully saturated rings. The number of rotatable bonds is 3. The first kappa shape index (κ1) is 10.0. The van der Waals surface area contributed by atoms with Gasteiger partial charge in [0.25, 0.3) is 5.92 Å². The highest BCUT2D eigenvalue weighted by molar-refractivity contribution is 5.19. The highest BCUT2D eigenvalue weighted by Crippen LogP contribution is 2.33. The smallest absolute Gasteiger partial charge is 0.210 e. The van der Waals surface area contributed by atoms with Gasteiger partial charge in [0, 0.05) is 5.56 Å². The number of hydrogen-bond acceptors (Lipinski definition) is 0. The van der Waals surface area contributed by atoms with Crippen molar-refractivity contribution in [1.29, 1.82) is 0 Å². The monoisotopic (exact) mass is 191 g/mol. The number of alkyl halides is 4. The molecular formula is C9H7F4. The molecule has 71 valence electrons. The molecule has 0 nitrogen and oxygen atoms in total. The third kappa shape index (κ3) is 2.72.